The molecule has 0 saturated heterocycles. The molecular formula is C9H10F3NO3. The highest BCUT2D eigenvalue weighted by Crippen LogP contribution is 2.33. The van der Waals surface area contributed by atoms with E-state index in [0.717, 1.165) is 0 Å². The van der Waals surface area contributed by atoms with Crippen molar-refractivity contribution >= 4 is 0 Å². The van der Waals surface area contributed by atoms with Crippen molar-refractivity contribution in [1.29, 1.82) is 0 Å². The lowest BCUT2D eigenvalue weighted by atomic mass is 10.2. The third kappa shape index (κ3) is 2.75. The summed E-state index contributed by atoms with van der Waals surface area (Å²) in [5.41, 5.74) is -0.0468. The van der Waals surface area contributed by atoms with Crippen LogP contribution in [0.2, 0.25) is 0 Å². The summed E-state index contributed by atoms with van der Waals surface area (Å²) in [6.45, 7) is 0.720. The third-order valence-electron chi connectivity index (χ3n) is 1.87. The zero-order valence-electron chi connectivity index (χ0n) is 8.63. The Balaban J connectivity index is 3.23. The number of aliphatic hydroxyl groups is 1. The number of halogens is 3. The van der Waals surface area contributed by atoms with E-state index < -0.39 is 18.7 Å². The van der Waals surface area contributed by atoms with Gasteiger partial charge in [0.05, 0.1) is 31.2 Å². The molecule has 16 heavy (non-hydrogen) atoms. The lowest BCUT2D eigenvalue weighted by Gasteiger charge is -2.16. The van der Waals surface area contributed by atoms with Crippen LogP contribution in [0.4, 0.5) is 13.2 Å². The van der Waals surface area contributed by atoms with E-state index >= 15 is 0 Å². The van der Waals surface area contributed by atoms with Gasteiger partial charge in [-0.1, -0.05) is 0 Å². The second-order valence-corrected chi connectivity index (χ2v) is 2.93. The number of hydrogen-bond acceptors (Lipinski definition) is 4. The first-order chi connectivity index (χ1) is 7.39. The first kappa shape index (κ1) is 12.6. The highest BCUT2D eigenvalue weighted by molar-refractivity contribution is 5.45. The van der Waals surface area contributed by atoms with E-state index in [-0.39, 0.29) is 17.0 Å². The van der Waals surface area contributed by atoms with Crippen molar-refractivity contribution in [2.24, 2.45) is 0 Å². The summed E-state index contributed by atoms with van der Waals surface area (Å²) < 4.78 is 44.9. The lowest BCUT2D eigenvalue weighted by molar-refractivity contribution is -0.275. The van der Waals surface area contributed by atoms with Crippen LogP contribution in [0.5, 0.6) is 11.5 Å². The van der Waals surface area contributed by atoms with E-state index in [1.54, 1.807) is 0 Å². The first-order valence-electron chi connectivity index (χ1n) is 4.28. The van der Waals surface area contributed by atoms with Crippen molar-refractivity contribution in [2.75, 3.05) is 7.11 Å². The van der Waals surface area contributed by atoms with E-state index in [4.69, 9.17) is 9.84 Å². The third-order valence-corrected chi connectivity index (χ3v) is 1.87. The molecule has 1 aromatic rings. The van der Waals surface area contributed by atoms with E-state index in [1.165, 1.54) is 20.2 Å². The predicted octanol–water partition coefficient (Wildman–Crippen LogP) is 1.79. The molecule has 0 aromatic carbocycles. The minimum atomic E-state index is -4.83. The highest BCUT2D eigenvalue weighted by Gasteiger charge is 2.33. The number of rotatable bonds is 3. The molecule has 7 heteroatoms. The van der Waals surface area contributed by atoms with Crippen LogP contribution in [0.15, 0.2) is 6.20 Å². The van der Waals surface area contributed by atoms with Crippen LogP contribution in [-0.4, -0.2) is 23.6 Å². The molecule has 0 spiro atoms. The fourth-order valence-electron chi connectivity index (χ4n) is 1.20. The normalized spacial score (nSPS) is 11.4. The van der Waals surface area contributed by atoms with Gasteiger partial charge in [-0.25, -0.2) is 0 Å². The predicted molar refractivity (Wildman–Crippen MR) is 48.1 cm³/mol. The summed E-state index contributed by atoms with van der Waals surface area (Å²) in [6.07, 6.45) is -3.60. The zero-order valence-corrected chi connectivity index (χ0v) is 8.63. The molecule has 0 unspecified atom stereocenters. The molecule has 90 valence electrons. The number of pyridine rings is 1. The van der Waals surface area contributed by atoms with Crippen molar-refractivity contribution in [3.8, 4) is 11.5 Å². The maximum Gasteiger partial charge on any atom is 0.573 e. The molecule has 0 aliphatic heterocycles. The summed E-state index contributed by atoms with van der Waals surface area (Å²) >= 11 is 0. The van der Waals surface area contributed by atoms with Gasteiger partial charge in [-0.15, -0.1) is 13.2 Å². The van der Waals surface area contributed by atoms with Gasteiger partial charge in [0.25, 0.3) is 0 Å². The number of aliphatic hydroxyl groups excluding tert-OH is 1. The van der Waals surface area contributed by atoms with E-state index in [1.807, 2.05) is 0 Å². The van der Waals surface area contributed by atoms with Crippen LogP contribution in [0.25, 0.3) is 0 Å². The number of methoxy groups -OCH3 is 1. The average Bonchev–Trinajstić information content (AvgIpc) is 2.19. The van der Waals surface area contributed by atoms with Gasteiger partial charge in [0.2, 0.25) is 0 Å². The van der Waals surface area contributed by atoms with Crippen LogP contribution in [0.1, 0.15) is 11.3 Å². The van der Waals surface area contributed by atoms with E-state index in [2.05, 4.69) is 9.72 Å². The molecule has 0 fully saturated rings. The molecular weight excluding hydrogens is 227 g/mol. The second-order valence-electron chi connectivity index (χ2n) is 2.93. The van der Waals surface area contributed by atoms with Gasteiger partial charge in [0.1, 0.15) is 5.75 Å². The molecule has 0 radical (unpaired) electrons. The Morgan fingerprint density at radius 1 is 1.44 bits per heavy atom. The fraction of sp³-hybridized carbons (Fsp3) is 0.444. The van der Waals surface area contributed by atoms with Crippen LogP contribution in [0, 0.1) is 6.92 Å². The van der Waals surface area contributed by atoms with Gasteiger partial charge in [-0.3, -0.25) is 4.98 Å². The topological polar surface area (TPSA) is 51.6 Å². The highest BCUT2D eigenvalue weighted by atomic mass is 19.4. The second kappa shape index (κ2) is 4.56. The summed E-state index contributed by atoms with van der Waals surface area (Å²) in [4.78, 5) is 3.68. The molecule has 0 aliphatic carbocycles. The molecule has 1 rings (SSSR count). The Bertz CT molecular complexity index is 379. The van der Waals surface area contributed by atoms with Crippen molar-refractivity contribution in [3.63, 3.8) is 0 Å². The average molecular weight is 237 g/mol. The molecule has 1 heterocycles. The van der Waals surface area contributed by atoms with Crippen molar-refractivity contribution in [1.82, 2.24) is 4.98 Å². The Kier molecular flexibility index (Phi) is 3.58. The van der Waals surface area contributed by atoms with Crippen molar-refractivity contribution in [3.05, 3.63) is 17.5 Å². The Hall–Kier alpha value is -1.50. The molecule has 0 atom stereocenters. The molecule has 0 aliphatic rings. The minimum Gasteiger partial charge on any atom is -0.495 e. The minimum absolute atomic E-state index is 0.0298. The van der Waals surface area contributed by atoms with Gasteiger partial charge in [-0.05, 0) is 6.92 Å². The molecule has 0 saturated carbocycles. The largest absolute Gasteiger partial charge is 0.573 e. The van der Waals surface area contributed by atoms with Crippen molar-refractivity contribution < 1.29 is 27.8 Å². The summed E-state index contributed by atoms with van der Waals surface area (Å²) in [5.74, 6) is -0.471. The maximum absolute atomic E-state index is 12.1. The number of hydrogen-bond donors (Lipinski definition) is 1. The van der Waals surface area contributed by atoms with E-state index in [0.29, 0.717) is 0 Å². The van der Waals surface area contributed by atoms with Gasteiger partial charge in [0, 0.05) is 0 Å². The van der Waals surface area contributed by atoms with Crippen LogP contribution >= 0.6 is 0 Å². The summed E-state index contributed by atoms with van der Waals surface area (Å²) in [7, 11) is 1.27. The quantitative estimate of drug-likeness (QED) is 0.870. The van der Waals surface area contributed by atoms with Gasteiger partial charge >= 0.3 is 6.36 Å². The SMILES string of the molecule is COc1cnc(C)c(OC(F)(F)F)c1CO. The summed E-state index contributed by atoms with van der Waals surface area (Å²) in [5, 5.41) is 9.00. The number of nitrogens with zero attached hydrogens (tertiary/aromatic N) is 1. The smallest absolute Gasteiger partial charge is 0.495 e. The molecule has 0 amide bonds. The van der Waals surface area contributed by atoms with Gasteiger partial charge in [-0.2, -0.15) is 0 Å². The molecule has 4 nitrogen and oxygen atoms in total. The monoisotopic (exact) mass is 237 g/mol. The lowest BCUT2D eigenvalue weighted by Crippen LogP contribution is -2.19. The fourth-order valence-corrected chi connectivity index (χ4v) is 1.20. The first-order valence-corrected chi connectivity index (χ1v) is 4.28. The molecule has 1 aromatic heterocycles. The van der Waals surface area contributed by atoms with Crippen LogP contribution in [0.3, 0.4) is 0 Å². The van der Waals surface area contributed by atoms with Crippen molar-refractivity contribution in [2.45, 2.75) is 19.9 Å². The number of ether oxygens (including phenoxy) is 2. The van der Waals surface area contributed by atoms with Gasteiger partial charge < -0.3 is 14.6 Å². The molecule has 1 N–H and O–H groups in total. The maximum atomic E-state index is 12.1. The number of alkyl halides is 3. The number of aromatic nitrogens is 1. The van der Waals surface area contributed by atoms with Crippen LogP contribution < -0.4 is 9.47 Å². The van der Waals surface area contributed by atoms with E-state index in [9.17, 15) is 13.2 Å². The zero-order chi connectivity index (χ0) is 12.3. The van der Waals surface area contributed by atoms with Crippen LogP contribution in [-0.2, 0) is 6.61 Å². The Labute approximate surface area is 89.6 Å². The molecule has 0 bridgehead atoms. The van der Waals surface area contributed by atoms with Gasteiger partial charge in [0.15, 0.2) is 5.75 Å². The number of aryl methyl sites for hydroxylation is 1. The Morgan fingerprint density at radius 3 is 2.50 bits per heavy atom. The summed E-state index contributed by atoms with van der Waals surface area (Å²) in [6, 6.07) is 0. The standard InChI is InChI=1S/C9H10F3NO3/c1-5-8(16-9(10,11)12)6(4-14)7(15-2)3-13-5/h3,14H,4H2,1-2H3. The Morgan fingerprint density at radius 2 is 2.06 bits per heavy atom.